The van der Waals surface area contributed by atoms with Gasteiger partial charge in [0.1, 0.15) is 11.8 Å². The van der Waals surface area contributed by atoms with Gasteiger partial charge in [-0.2, -0.15) is 22.7 Å². The maximum Gasteiger partial charge on any atom is 0.195 e. The second kappa shape index (κ2) is 30.4. The van der Waals surface area contributed by atoms with Gasteiger partial charge in [-0.3, -0.25) is 29.9 Å². The quantitative estimate of drug-likeness (QED) is 0.136. The first-order chi connectivity index (χ1) is 47.7. The van der Waals surface area contributed by atoms with Crippen molar-refractivity contribution in [1.82, 2.24) is 56.3 Å². The molecule has 0 bridgehead atoms. The van der Waals surface area contributed by atoms with Crippen LogP contribution in [0.1, 0.15) is 0 Å². The molecular weight excluding hydrogens is 2400 g/mol. The summed E-state index contributed by atoms with van der Waals surface area (Å²) in [6.45, 7) is 0. The third-order valence-corrected chi connectivity index (χ3v) is 19.9. The fourth-order valence-corrected chi connectivity index (χ4v) is 15.8. The number of hydrogen-bond donors (Lipinski definition) is 0. The molecule has 15 nitrogen and oxygen atoms in total. The zero-order valence-corrected chi connectivity index (χ0v) is 68.9. The van der Waals surface area contributed by atoms with Gasteiger partial charge in [0.2, 0.25) is 0 Å². The molecule has 18 heterocycles. The number of fused-ring (bicyclic) bond motifs is 36. The van der Waals surface area contributed by atoms with Crippen molar-refractivity contribution in [3.05, 3.63) is 291 Å². The second-order valence-electron chi connectivity index (χ2n) is 22.4. The maximum absolute atomic E-state index is 5.54. The Kier molecular flexibility index (Phi) is 21.4. The predicted octanol–water partition coefficient (Wildman–Crippen LogP) is 19.6. The number of benzene rings is 6. The Bertz CT molecular complexity index is 5570. The van der Waals surface area contributed by atoms with Gasteiger partial charge in [-0.05, 0) is 45.1 Å². The molecule has 18 aromatic heterocycles. The number of thiophene rings is 3. The summed E-state index contributed by atoms with van der Waals surface area (Å²) in [5.41, 5.74) is 11.9. The number of pyridine rings is 6. The molecule has 6 aromatic carbocycles. The molecule has 0 atom stereocenters. The Hall–Kier alpha value is -8.58. The van der Waals surface area contributed by atoms with Crippen LogP contribution in [-0.2, 0) is 121 Å². The molecule has 24 aromatic rings. The van der Waals surface area contributed by atoms with Gasteiger partial charge in [-0.1, -0.05) is 54.5 Å². The van der Waals surface area contributed by atoms with Crippen LogP contribution in [0.5, 0.6) is 0 Å². The number of furan rings is 3. The minimum atomic E-state index is 0. The van der Waals surface area contributed by atoms with Crippen LogP contribution in [0.25, 0.3) is 163 Å². The van der Waals surface area contributed by atoms with Gasteiger partial charge in [-0.15, -0.1) is 173 Å². The van der Waals surface area contributed by atoms with Gasteiger partial charge in [0, 0.05) is 227 Å². The maximum atomic E-state index is 5.54. The summed E-state index contributed by atoms with van der Waals surface area (Å²) in [7, 11) is 0. The summed E-state index contributed by atoms with van der Waals surface area (Å²) in [4.78, 5) is 27.6. The minimum absolute atomic E-state index is 0. The molecule has 0 aliphatic rings. The van der Waals surface area contributed by atoms with E-state index in [9.17, 15) is 0 Å². The zero-order chi connectivity index (χ0) is 63.2. The number of hydrogen-bond acceptors (Lipinski definition) is 12. The van der Waals surface area contributed by atoms with Crippen LogP contribution in [0.3, 0.4) is 0 Å². The predicted molar refractivity (Wildman–Crippen MR) is 385 cm³/mol. The molecule has 0 amide bonds. The Labute approximate surface area is 670 Å². The van der Waals surface area contributed by atoms with Crippen molar-refractivity contribution >= 4 is 197 Å². The van der Waals surface area contributed by atoms with E-state index in [0.29, 0.717) is 0 Å². The van der Waals surface area contributed by atoms with Crippen LogP contribution < -0.4 is 0 Å². The fraction of sp³-hybridized carbons (Fsp3) is 0. The van der Waals surface area contributed by atoms with Crippen LogP contribution in [0.15, 0.2) is 268 Å². The largest absolute Gasteiger partial charge is 0.472 e. The van der Waals surface area contributed by atoms with E-state index in [2.05, 4.69) is 143 Å². The fourth-order valence-electron chi connectivity index (χ4n) is 13.2. The summed E-state index contributed by atoms with van der Waals surface area (Å²) in [6.07, 6.45) is 29.6. The topological polar surface area (TPSA) is 143 Å². The Morgan fingerprint density at radius 3 is 1.31 bits per heavy atom. The summed E-state index contributed by atoms with van der Waals surface area (Å²) in [5.74, 6) is 0. The van der Waals surface area contributed by atoms with E-state index in [1.807, 2.05) is 160 Å². The van der Waals surface area contributed by atoms with Crippen molar-refractivity contribution in [1.29, 1.82) is 0 Å². The van der Waals surface area contributed by atoms with E-state index in [1.165, 1.54) is 47.5 Å². The molecule has 102 heavy (non-hydrogen) atoms. The summed E-state index contributed by atoms with van der Waals surface area (Å²) in [5, 5.41) is 26.7. The number of imidazole rings is 6. The summed E-state index contributed by atoms with van der Waals surface area (Å²) >= 11 is 5.24. The van der Waals surface area contributed by atoms with Crippen molar-refractivity contribution in [2.45, 2.75) is 0 Å². The first kappa shape index (κ1) is 71.8. The van der Waals surface area contributed by atoms with Gasteiger partial charge in [0.25, 0.3) is 0 Å². The first-order valence-corrected chi connectivity index (χ1v) is 33.1. The van der Waals surface area contributed by atoms with E-state index >= 15 is 0 Å². The minimum Gasteiger partial charge on any atom is -0.472 e. The normalized spacial score (nSPS) is 11.1. The SMILES string of the molecule is [Ir].[Ir].[Ir].[Ir].[Ir].[Ir].[c-]1cccc2c1c1nccn1c1ccoc21.[c-]1cccc2c1c1nccn1c1ccsc21.[c-]1cccc2c1c1nccn1c1cocc21.[c-]1cccc2c1c1nccn1c1cscc21.[c-]1cccc2c1c1nccn1c1occc21.[c-]1cccc2c1c1nccn1c1sccc21. The van der Waals surface area contributed by atoms with Gasteiger partial charge < -0.3 is 39.7 Å². The molecule has 0 fully saturated rings. The van der Waals surface area contributed by atoms with Gasteiger partial charge in [-0.25, -0.2) is 0 Å². The van der Waals surface area contributed by atoms with E-state index in [-0.39, 0.29) is 121 Å². The summed E-state index contributed by atoms with van der Waals surface area (Å²) < 4.78 is 30.0. The molecule has 0 saturated heterocycles. The van der Waals surface area contributed by atoms with Crippen LogP contribution in [-0.4, -0.2) is 56.3 Å². The molecule has 0 N–H and O–H groups in total. The molecule has 0 aliphatic carbocycles. The third-order valence-electron chi connectivity index (χ3n) is 17.3. The van der Waals surface area contributed by atoms with Crippen LogP contribution in [0.2, 0.25) is 0 Å². The average Bonchev–Trinajstić information content (AvgIpc) is 1.83. The molecule has 6 radical (unpaired) electrons. The molecule has 0 spiro atoms. The van der Waals surface area contributed by atoms with Crippen molar-refractivity contribution in [2.24, 2.45) is 0 Å². The van der Waals surface area contributed by atoms with Crippen molar-refractivity contribution in [2.75, 3.05) is 0 Å². The Morgan fingerprint density at radius 2 is 0.735 bits per heavy atom. The summed E-state index contributed by atoms with van der Waals surface area (Å²) in [6, 6.07) is 63.9. The standard InChI is InChI=1S/3C13H7N2O.3C13H7N2S.6Ir/c1-2-4-10-9(3-1)12-11(5-8-16-12)15-7-6-14-13(10)15;1-2-4-10-9(3-1)11-5-8-16-13(11)15-7-6-14-12(10)15;1-2-4-10-9(3-1)11-7-16-8-12(11)15-6-5-14-13(10)15;1-2-4-10-9(3-1)12-11(5-8-16-12)15-7-6-14-13(10)15;1-2-4-10-9(3-1)11-5-8-16-13(11)15-7-6-14-12(10)15;1-2-4-10-9(3-1)11-7-16-8-12(11)15-6-5-14-13(10)15;;;;;;/h6*1-3,5-8H;;;;;;/q6*-1;;;;;;. The second-order valence-corrected chi connectivity index (χ2v) is 24.9. The molecule has 510 valence electrons. The van der Waals surface area contributed by atoms with Gasteiger partial charge >= 0.3 is 0 Å². The molecule has 0 unspecified atom stereocenters. The molecular formula is C78H42Ir6N12O3S3-6. The Morgan fingerprint density at radius 1 is 0.314 bits per heavy atom. The van der Waals surface area contributed by atoms with Crippen molar-refractivity contribution in [3.63, 3.8) is 0 Å². The van der Waals surface area contributed by atoms with Crippen molar-refractivity contribution < 1.29 is 134 Å². The van der Waals surface area contributed by atoms with Crippen LogP contribution in [0.4, 0.5) is 0 Å². The average molecular weight is 2440 g/mol. The van der Waals surface area contributed by atoms with E-state index in [4.69, 9.17) is 13.3 Å². The zero-order valence-electron chi connectivity index (χ0n) is 52.1. The first-order valence-electron chi connectivity index (χ1n) is 30.4. The monoisotopic (exact) mass is 2450 g/mol. The molecule has 24 heteroatoms. The number of nitrogens with zero attached hydrogens (tertiary/aromatic N) is 12. The number of rotatable bonds is 0. The third kappa shape index (κ3) is 12.0. The smallest absolute Gasteiger partial charge is 0.195 e. The van der Waals surface area contributed by atoms with E-state index in [0.717, 1.165) is 115 Å². The van der Waals surface area contributed by atoms with Gasteiger partial charge in [0.05, 0.1) is 68.5 Å². The number of aromatic nitrogens is 12. The Balaban J connectivity index is 0.000000108. The molecule has 0 aliphatic heterocycles. The van der Waals surface area contributed by atoms with Gasteiger partial charge in [0.15, 0.2) is 5.71 Å². The van der Waals surface area contributed by atoms with E-state index in [1.54, 1.807) is 77.7 Å². The molecule has 24 rings (SSSR count). The van der Waals surface area contributed by atoms with E-state index < -0.39 is 0 Å². The van der Waals surface area contributed by atoms with Crippen molar-refractivity contribution in [3.8, 4) is 0 Å². The van der Waals surface area contributed by atoms with Crippen LogP contribution >= 0.6 is 34.0 Å². The molecule has 0 saturated carbocycles. The van der Waals surface area contributed by atoms with Crippen LogP contribution in [0, 0.1) is 36.4 Å².